The SMILES string of the molecule is COc1ccc2c(c1)C(C)C(=O)N(CC(=O)Nc1ccc(C(F)(F)F)cc1)c1cc(C)nc(Cl)c1-2. The van der Waals surface area contributed by atoms with Gasteiger partial charge in [-0.3, -0.25) is 9.59 Å². The van der Waals surface area contributed by atoms with E-state index in [2.05, 4.69) is 10.3 Å². The van der Waals surface area contributed by atoms with E-state index in [4.69, 9.17) is 16.3 Å². The number of halogens is 4. The minimum absolute atomic E-state index is 0.176. The number of anilines is 2. The molecule has 0 saturated heterocycles. The van der Waals surface area contributed by atoms with Gasteiger partial charge in [-0.2, -0.15) is 13.2 Å². The van der Waals surface area contributed by atoms with Crippen molar-refractivity contribution in [2.45, 2.75) is 25.9 Å². The standard InChI is InChI=1S/C25H21ClF3N3O3/c1-13-10-20-22(23(26)30-13)18-9-8-17(35-3)11-19(18)14(2)24(34)32(20)12-21(33)31-16-6-4-15(5-7-16)25(27,28)29/h4-11,14H,12H2,1-3H3,(H,31,33). The van der Waals surface area contributed by atoms with E-state index >= 15 is 0 Å². The van der Waals surface area contributed by atoms with Gasteiger partial charge in [0.1, 0.15) is 17.4 Å². The fraction of sp³-hybridized carbons (Fsp3) is 0.240. The highest BCUT2D eigenvalue weighted by Gasteiger charge is 2.35. The molecule has 0 radical (unpaired) electrons. The number of aromatic nitrogens is 1. The van der Waals surface area contributed by atoms with Crippen LogP contribution in [0, 0.1) is 6.92 Å². The monoisotopic (exact) mass is 503 g/mol. The molecule has 1 N–H and O–H groups in total. The molecule has 2 heterocycles. The van der Waals surface area contributed by atoms with Gasteiger partial charge in [-0.25, -0.2) is 4.98 Å². The minimum Gasteiger partial charge on any atom is -0.497 e. The Hall–Kier alpha value is -3.59. The molecule has 0 fully saturated rings. The van der Waals surface area contributed by atoms with Crippen LogP contribution >= 0.6 is 11.6 Å². The zero-order valence-electron chi connectivity index (χ0n) is 19.0. The molecule has 2 aromatic carbocycles. The lowest BCUT2D eigenvalue weighted by Gasteiger charge is -2.25. The number of hydrogen-bond donors (Lipinski definition) is 1. The van der Waals surface area contributed by atoms with Crippen molar-refractivity contribution in [2.75, 3.05) is 23.9 Å². The zero-order valence-corrected chi connectivity index (χ0v) is 19.8. The molecule has 182 valence electrons. The smallest absolute Gasteiger partial charge is 0.416 e. The van der Waals surface area contributed by atoms with Crippen LogP contribution in [0.3, 0.4) is 0 Å². The predicted octanol–water partition coefficient (Wildman–Crippen LogP) is 5.83. The Morgan fingerprint density at radius 2 is 1.86 bits per heavy atom. The van der Waals surface area contributed by atoms with Crippen LogP contribution in [0.25, 0.3) is 11.1 Å². The summed E-state index contributed by atoms with van der Waals surface area (Å²) in [6, 6.07) is 11.1. The molecule has 0 bridgehead atoms. The first-order valence-electron chi connectivity index (χ1n) is 10.6. The summed E-state index contributed by atoms with van der Waals surface area (Å²) in [4.78, 5) is 32.1. The summed E-state index contributed by atoms with van der Waals surface area (Å²) in [5.41, 5.74) is 2.21. The van der Waals surface area contributed by atoms with Gasteiger partial charge in [-0.15, -0.1) is 0 Å². The molecule has 1 aromatic heterocycles. The molecule has 1 aliphatic rings. The Morgan fingerprint density at radius 3 is 2.49 bits per heavy atom. The summed E-state index contributed by atoms with van der Waals surface area (Å²) in [6.45, 7) is 3.07. The predicted molar refractivity (Wildman–Crippen MR) is 127 cm³/mol. The highest BCUT2D eigenvalue weighted by molar-refractivity contribution is 6.33. The molecule has 2 amide bonds. The Labute approximate surface area is 204 Å². The first kappa shape index (κ1) is 24.5. The van der Waals surface area contributed by atoms with Gasteiger partial charge in [0.05, 0.1) is 24.3 Å². The summed E-state index contributed by atoms with van der Waals surface area (Å²) in [7, 11) is 1.52. The third-order valence-electron chi connectivity index (χ3n) is 5.80. The van der Waals surface area contributed by atoms with E-state index in [9.17, 15) is 22.8 Å². The number of amides is 2. The number of nitrogens with one attached hydrogen (secondary N) is 1. The number of fused-ring (bicyclic) bond motifs is 3. The lowest BCUT2D eigenvalue weighted by molar-refractivity contribution is -0.137. The number of hydrogen-bond acceptors (Lipinski definition) is 4. The van der Waals surface area contributed by atoms with Crippen LogP contribution in [0.5, 0.6) is 5.75 Å². The van der Waals surface area contributed by atoms with Crippen LogP contribution in [0.1, 0.15) is 29.7 Å². The second kappa shape index (κ2) is 9.22. The summed E-state index contributed by atoms with van der Waals surface area (Å²) < 4.78 is 43.8. The maximum atomic E-state index is 13.6. The van der Waals surface area contributed by atoms with Gasteiger partial charge in [0.15, 0.2) is 0 Å². The second-order valence-corrected chi connectivity index (χ2v) is 8.53. The highest BCUT2D eigenvalue weighted by Crippen LogP contribution is 2.45. The minimum atomic E-state index is -4.48. The molecular formula is C25H21ClF3N3O3. The Balaban J connectivity index is 1.70. The molecular weight excluding hydrogens is 483 g/mol. The van der Waals surface area contributed by atoms with Crippen molar-refractivity contribution < 1.29 is 27.5 Å². The third-order valence-corrected chi connectivity index (χ3v) is 6.08. The maximum absolute atomic E-state index is 13.6. The number of carbonyl (C=O) groups is 2. The van der Waals surface area contributed by atoms with Gasteiger partial charge >= 0.3 is 6.18 Å². The molecule has 1 aliphatic heterocycles. The lowest BCUT2D eigenvalue weighted by Crippen LogP contribution is -2.40. The number of aryl methyl sites for hydroxylation is 1. The van der Waals surface area contributed by atoms with Crippen molar-refractivity contribution in [1.82, 2.24) is 4.98 Å². The van der Waals surface area contributed by atoms with Gasteiger partial charge in [-0.1, -0.05) is 17.7 Å². The Bertz CT molecular complexity index is 1310. The molecule has 1 unspecified atom stereocenters. The van der Waals surface area contributed by atoms with Crippen LogP contribution in [0.2, 0.25) is 5.15 Å². The third kappa shape index (κ3) is 4.81. The largest absolute Gasteiger partial charge is 0.497 e. The maximum Gasteiger partial charge on any atom is 0.416 e. The average Bonchev–Trinajstić information content (AvgIpc) is 2.88. The van der Waals surface area contributed by atoms with E-state index in [1.54, 1.807) is 38.1 Å². The van der Waals surface area contributed by atoms with Crippen LogP contribution < -0.4 is 15.0 Å². The van der Waals surface area contributed by atoms with E-state index in [-0.39, 0.29) is 23.3 Å². The van der Waals surface area contributed by atoms with E-state index < -0.39 is 23.6 Å². The van der Waals surface area contributed by atoms with Gasteiger partial charge in [-0.05, 0) is 67.4 Å². The lowest BCUT2D eigenvalue weighted by atomic mass is 9.92. The molecule has 0 aliphatic carbocycles. The van der Waals surface area contributed by atoms with E-state index in [1.165, 1.54) is 12.0 Å². The van der Waals surface area contributed by atoms with Crippen LogP contribution in [0.15, 0.2) is 48.5 Å². The summed E-state index contributed by atoms with van der Waals surface area (Å²) in [5.74, 6) is -0.995. The van der Waals surface area contributed by atoms with E-state index in [0.29, 0.717) is 33.8 Å². The normalized spacial score (nSPS) is 15.2. The number of nitrogens with zero attached hydrogens (tertiary/aromatic N) is 2. The topological polar surface area (TPSA) is 71.5 Å². The Kier molecular flexibility index (Phi) is 6.46. The average molecular weight is 504 g/mol. The van der Waals surface area contributed by atoms with Gasteiger partial charge in [0.25, 0.3) is 0 Å². The molecule has 4 rings (SSSR count). The van der Waals surface area contributed by atoms with Crippen molar-refractivity contribution in [2.24, 2.45) is 0 Å². The molecule has 6 nitrogen and oxygen atoms in total. The van der Waals surface area contributed by atoms with E-state index in [1.807, 2.05) is 0 Å². The van der Waals surface area contributed by atoms with Crippen LogP contribution in [0.4, 0.5) is 24.5 Å². The fourth-order valence-corrected chi connectivity index (χ4v) is 4.40. The molecule has 0 saturated carbocycles. The second-order valence-electron chi connectivity index (χ2n) is 8.17. The molecule has 10 heteroatoms. The highest BCUT2D eigenvalue weighted by atomic mass is 35.5. The van der Waals surface area contributed by atoms with Crippen LogP contribution in [-0.2, 0) is 15.8 Å². The van der Waals surface area contributed by atoms with Gasteiger partial charge in [0, 0.05) is 16.9 Å². The molecule has 3 aromatic rings. The summed E-state index contributed by atoms with van der Waals surface area (Å²) >= 11 is 6.53. The fourth-order valence-electron chi connectivity index (χ4n) is 4.07. The number of methoxy groups -OCH3 is 1. The summed E-state index contributed by atoms with van der Waals surface area (Å²) in [6.07, 6.45) is -4.48. The molecule has 0 spiro atoms. The van der Waals surface area contributed by atoms with Crippen molar-refractivity contribution in [1.29, 1.82) is 0 Å². The quantitative estimate of drug-likeness (QED) is 0.455. The van der Waals surface area contributed by atoms with Crippen LogP contribution in [-0.4, -0.2) is 30.5 Å². The number of pyridine rings is 1. The van der Waals surface area contributed by atoms with Crippen molar-refractivity contribution in [3.8, 4) is 16.9 Å². The van der Waals surface area contributed by atoms with E-state index in [0.717, 1.165) is 24.3 Å². The summed E-state index contributed by atoms with van der Waals surface area (Å²) in [5, 5.41) is 2.74. The molecule has 35 heavy (non-hydrogen) atoms. The van der Waals surface area contributed by atoms with Crippen molar-refractivity contribution in [3.05, 3.63) is 70.5 Å². The zero-order chi connectivity index (χ0) is 25.5. The number of ether oxygens (including phenoxy) is 1. The number of benzene rings is 2. The van der Waals surface area contributed by atoms with Crippen molar-refractivity contribution >= 4 is 34.8 Å². The first-order chi connectivity index (χ1) is 16.5. The van der Waals surface area contributed by atoms with Gasteiger partial charge in [0.2, 0.25) is 11.8 Å². The molecule has 1 atom stereocenters. The number of rotatable bonds is 4. The first-order valence-corrected chi connectivity index (χ1v) is 11.0. The van der Waals surface area contributed by atoms with Crippen molar-refractivity contribution in [3.63, 3.8) is 0 Å². The van der Waals surface area contributed by atoms with Gasteiger partial charge < -0.3 is 15.0 Å². The number of alkyl halides is 3. The number of carbonyl (C=O) groups excluding carboxylic acids is 2. The Morgan fingerprint density at radius 1 is 1.17 bits per heavy atom.